The minimum Gasteiger partial charge on any atom is -0.352 e. The highest BCUT2D eigenvalue weighted by atomic mass is 16.1. The number of carbonyl (C=O) groups is 1. The van der Waals surface area contributed by atoms with Crippen molar-refractivity contribution >= 4 is 11.6 Å². The van der Waals surface area contributed by atoms with E-state index in [1.165, 1.54) is 12.5 Å². The van der Waals surface area contributed by atoms with Crippen LogP contribution in [0.3, 0.4) is 0 Å². The predicted octanol–water partition coefficient (Wildman–Crippen LogP) is -0.152. The summed E-state index contributed by atoms with van der Waals surface area (Å²) in [5.41, 5.74) is 3.41. The van der Waals surface area contributed by atoms with Crippen LogP contribution in [0.1, 0.15) is 22.6 Å². The first kappa shape index (κ1) is 13.0. The fourth-order valence-electron chi connectivity index (χ4n) is 1.61. The summed E-state index contributed by atoms with van der Waals surface area (Å²) in [4.78, 5) is 19.8. The summed E-state index contributed by atoms with van der Waals surface area (Å²) in [6.45, 7) is 0.547. The predicted molar refractivity (Wildman–Crippen MR) is 69.1 cm³/mol. The van der Waals surface area contributed by atoms with Crippen molar-refractivity contribution in [1.29, 1.82) is 0 Å². The van der Waals surface area contributed by atoms with Gasteiger partial charge in [0, 0.05) is 19.2 Å². The fourth-order valence-corrected chi connectivity index (χ4v) is 1.61. The molecule has 0 spiro atoms. The highest BCUT2D eigenvalue weighted by Gasteiger charge is 2.09. The lowest BCUT2D eigenvalue weighted by molar-refractivity contribution is 0.0954. The maximum absolute atomic E-state index is 11.9. The Morgan fingerprint density at radius 2 is 2.37 bits per heavy atom. The van der Waals surface area contributed by atoms with Gasteiger partial charge in [-0.2, -0.15) is 5.10 Å². The molecule has 0 aliphatic rings. The van der Waals surface area contributed by atoms with Gasteiger partial charge in [-0.15, -0.1) is 0 Å². The van der Waals surface area contributed by atoms with E-state index in [2.05, 4.69) is 30.9 Å². The van der Waals surface area contributed by atoms with Crippen LogP contribution in [0.25, 0.3) is 0 Å². The molecule has 0 unspecified atom stereocenters. The number of carbonyl (C=O) groups excluding carboxylic acids is 1. The van der Waals surface area contributed by atoms with Gasteiger partial charge in [-0.05, 0) is 12.5 Å². The third kappa shape index (κ3) is 3.49. The summed E-state index contributed by atoms with van der Waals surface area (Å²) in [5, 5.41) is 9.33. The van der Waals surface area contributed by atoms with Crippen molar-refractivity contribution in [3.63, 3.8) is 0 Å². The van der Waals surface area contributed by atoms with Crippen LogP contribution in [0.15, 0.2) is 24.8 Å². The Bertz CT molecular complexity index is 526. The van der Waals surface area contributed by atoms with Gasteiger partial charge in [0.25, 0.3) is 5.91 Å². The van der Waals surface area contributed by atoms with E-state index >= 15 is 0 Å². The molecule has 5 N–H and O–H groups in total. The highest BCUT2D eigenvalue weighted by Crippen LogP contribution is 2.11. The Hall–Kier alpha value is -2.48. The monoisotopic (exact) mass is 261 g/mol. The van der Waals surface area contributed by atoms with Crippen molar-refractivity contribution in [1.82, 2.24) is 25.5 Å². The lowest BCUT2D eigenvalue weighted by atomic mass is 10.2. The first-order valence-electron chi connectivity index (χ1n) is 5.84. The number of nitrogens with zero attached hydrogens (tertiary/aromatic N) is 3. The molecule has 100 valence electrons. The number of anilines is 1. The minimum atomic E-state index is -0.187. The van der Waals surface area contributed by atoms with Crippen LogP contribution < -0.4 is 16.6 Å². The van der Waals surface area contributed by atoms with Gasteiger partial charge >= 0.3 is 0 Å². The first-order valence-corrected chi connectivity index (χ1v) is 5.84. The first-order chi connectivity index (χ1) is 9.31. The quantitative estimate of drug-likeness (QED) is 0.326. The number of amides is 1. The van der Waals surface area contributed by atoms with Crippen molar-refractivity contribution in [3.05, 3.63) is 36.2 Å². The van der Waals surface area contributed by atoms with Gasteiger partial charge in [-0.3, -0.25) is 20.7 Å². The van der Waals surface area contributed by atoms with Crippen LogP contribution in [-0.2, 0) is 6.42 Å². The van der Waals surface area contributed by atoms with Gasteiger partial charge in [0.15, 0.2) is 0 Å². The Morgan fingerprint density at radius 1 is 1.47 bits per heavy atom. The van der Waals surface area contributed by atoms with Crippen LogP contribution in [0, 0.1) is 0 Å². The number of hydrazine groups is 1. The molecule has 0 atom stereocenters. The molecule has 0 radical (unpaired) electrons. The molecular formula is C11H15N7O. The van der Waals surface area contributed by atoms with Crippen molar-refractivity contribution < 1.29 is 4.79 Å². The second-order valence-corrected chi connectivity index (χ2v) is 3.86. The van der Waals surface area contributed by atoms with Crippen LogP contribution >= 0.6 is 0 Å². The molecule has 8 nitrogen and oxygen atoms in total. The molecule has 2 rings (SSSR count). The third-order valence-electron chi connectivity index (χ3n) is 2.56. The number of aromatic nitrogens is 4. The molecular weight excluding hydrogens is 246 g/mol. The summed E-state index contributed by atoms with van der Waals surface area (Å²) >= 11 is 0. The van der Waals surface area contributed by atoms with E-state index in [4.69, 9.17) is 5.84 Å². The molecule has 0 saturated carbocycles. The Morgan fingerprint density at radius 3 is 3.11 bits per heavy atom. The van der Waals surface area contributed by atoms with Gasteiger partial charge in [-0.25, -0.2) is 4.98 Å². The topological polar surface area (TPSA) is 122 Å². The molecule has 0 aliphatic heterocycles. The number of aryl methyl sites for hydroxylation is 1. The van der Waals surface area contributed by atoms with Gasteiger partial charge in [-0.1, -0.05) is 0 Å². The van der Waals surface area contributed by atoms with Crippen LogP contribution in [-0.4, -0.2) is 32.6 Å². The van der Waals surface area contributed by atoms with E-state index in [0.29, 0.717) is 17.8 Å². The number of pyridine rings is 1. The number of nitrogens with one attached hydrogen (secondary N) is 3. The van der Waals surface area contributed by atoms with E-state index in [9.17, 15) is 4.79 Å². The van der Waals surface area contributed by atoms with E-state index in [1.54, 1.807) is 12.3 Å². The van der Waals surface area contributed by atoms with Crippen molar-refractivity contribution in [2.45, 2.75) is 12.8 Å². The second kappa shape index (κ2) is 6.45. The van der Waals surface area contributed by atoms with Crippen molar-refractivity contribution in [3.8, 4) is 0 Å². The second-order valence-electron chi connectivity index (χ2n) is 3.86. The van der Waals surface area contributed by atoms with Crippen LogP contribution in [0.2, 0.25) is 0 Å². The van der Waals surface area contributed by atoms with Crippen molar-refractivity contribution in [2.24, 2.45) is 5.84 Å². The SMILES string of the molecule is NNc1cnccc1C(=O)NCCCc1ncn[nH]1. The number of H-pyrrole nitrogens is 1. The molecule has 1 amide bonds. The summed E-state index contributed by atoms with van der Waals surface area (Å²) < 4.78 is 0. The standard InChI is InChI=1S/C11H15N7O/c12-17-9-6-13-5-3-8(9)11(19)14-4-1-2-10-15-7-16-18-10/h3,5-7,17H,1-2,4,12H2,(H,14,19)(H,15,16,18). The molecule has 2 aromatic rings. The Balaban J connectivity index is 1.81. The fraction of sp³-hybridized carbons (Fsp3) is 0.273. The van der Waals surface area contributed by atoms with E-state index in [-0.39, 0.29) is 5.91 Å². The summed E-state index contributed by atoms with van der Waals surface area (Å²) in [5.74, 6) is 5.94. The average Bonchev–Trinajstić information content (AvgIpc) is 2.96. The molecule has 0 saturated heterocycles. The molecule has 0 aliphatic carbocycles. The van der Waals surface area contributed by atoms with E-state index in [0.717, 1.165) is 18.7 Å². The van der Waals surface area contributed by atoms with Gasteiger partial charge in [0.2, 0.25) is 0 Å². The van der Waals surface area contributed by atoms with Gasteiger partial charge < -0.3 is 10.7 Å². The minimum absolute atomic E-state index is 0.187. The van der Waals surface area contributed by atoms with Crippen LogP contribution in [0.4, 0.5) is 5.69 Å². The highest BCUT2D eigenvalue weighted by molar-refractivity contribution is 5.99. The third-order valence-corrected chi connectivity index (χ3v) is 2.56. The smallest absolute Gasteiger partial charge is 0.253 e. The zero-order chi connectivity index (χ0) is 13.5. The van der Waals surface area contributed by atoms with E-state index < -0.39 is 0 Å². The summed E-state index contributed by atoms with van der Waals surface area (Å²) in [6, 6.07) is 1.61. The number of aromatic amines is 1. The number of nitrogens with two attached hydrogens (primary N) is 1. The maximum atomic E-state index is 11.9. The molecule has 8 heteroatoms. The Kier molecular flexibility index (Phi) is 4.40. The van der Waals surface area contributed by atoms with Gasteiger partial charge in [0.05, 0.1) is 17.4 Å². The zero-order valence-corrected chi connectivity index (χ0v) is 10.3. The molecule has 2 aromatic heterocycles. The molecule has 0 bridgehead atoms. The van der Waals surface area contributed by atoms with E-state index in [1.807, 2.05) is 0 Å². The van der Waals surface area contributed by atoms with Crippen LogP contribution in [0.5, 0.6) is 0 Å². The Labute approximate surface area is 109 Å². The largest absolute Gasteiger partial charge is 0.352 e. The molecule has 0 aromatic carbocycles. The van der Waals surface area contributed by atoms with Crippen molar-refractivity contribution in [2.75, 3.05) is 12.0 Å². The molecule has 19 heavy (non-hydrogen) atoms. The normalized spacial score (nSPS) is 10.2. The zero-order valence-electron chi connectivity index (χ0n) is 10.3. The maximum Gasteiger partial charge on any atom is 0.253 e. The molecule has 2 heterocycles. The number of rotatable bonds is 6. The summed E-state index contributed by atoms with van der Waals surface area (Å²) in [6.07, 6.45) is 6.02. The number of nitrogen functional groups attached to an aromatic ring is 1. The summed E-state index contributed by atoms with van der Waals surface area (Å²) in [7, 11) is 0. The number of hydrogen-bond donors (Lipinski definition) is 4. The lowest BCUT2D eigenvalue weighted by Gasteiger charge is -2.08. The molecule has 0 fully saturated rings. The van der Waals surface area contributed by atoms with Gasteiger partial charge in [0.1, 0.15) is 12.2 Å². The lowest BCUT2D eigenvalue weighted by Crippen LogP contribution is -2.26. The number of hydrogen-bond acceptors (Lipinski definition) is 6. The average molecular weight is 261 g/mol.